The topological polar surface area (TPSA) is 40.5 Å². The summed E-state index contributed by atoms with van der Waals surface area (Å²) in [5, 5.41) is 20.8. The summed E-state index contributed by atoms with van der Waals surface area (Å²) in [5.74, 6) is 5.08. The minimum absolute atomic E-state index is 0.00154. The van der Waals surface area contributed by atoms with Gasteiger partial charge in [-0.3, -0.25) is 0 Å². The summed E-state index contributed by atoms with van der Waals surface area (Å²) in [6.45, 7) is 14.2. The van der Waals surface area contributed by atoms with Crippen LogP contribution in [0.2, 0.25) is 0 Å². The van der Waals surface area contributed by atoms with Crippen LogP contribution >= 0.6 is 0 Å². The molecule has 2 N–H and O–H groups in total. The van der Waals surface area contributed by atoms with Gasteiger partial charge >= 0.3 is 0 Å². The normalized spacial score (nSPS) is 48.4. The summed E-state index contributed by atoms with van der Waals surface area (Å²) in [6, 6.07) is 0. The molecule has 0 aromatic rings. The van der Waals surface area contributed by atoms with Crippen LogP contribution in [0.1, 0.15) is 112 Å². The second-order valence-electron chi connectivity index (χ2n) is 13.7. The van der Waals surface area contributed by atoms with Crippen LogP contribution in [-0.2, 0) is 0 Å². The van der Waals surface area contributed by atoms with Gasteiger partial charge < -0.3 is 10.2 Å². The van der Waals surface area contributed by atoms with Crippen LogP contribution in [0, 0.1) is 51.8 Å². The molecule has 4 rings (SSSR count). The molecule has 0 aliphatic heterocycles. The van der Waals surface area contributed by atoms with Crippen molar-refractivity contribution in [3.8, 4) is 0 Å². The van der Waals surface area contributed by atoms with Gasteiger partial charge in [0.1, 0.15) is 0 Å². The fourth-order valence-corrected chi connectivity index (χ4v) is 9.27. The molecule has 4 fully saturated rings. The van der Waals surface area contributed by atoms with Crippen molar-refractivity contribution in [2.45, 2.75) is 124 Å². The zero-order valence-electron chi connectivity index (χ0n) is 20.8. The molecule has 4 aliphatic carbocycles. The minimum Gasteiger partial charge on any atom is -0.393 e. The van der Waals surface area contributed by atoms with Crippen LogP contribution < -0.4 is 0 Å². The van der Waals surface area contributed by atoms with Gasteiger partial charge in [0, 0.05) is 0 Å². The number of fused-ring (bicyclic) bond motifs is 5. The smallest absolute Gasteiger partial charge is 0.0588 e. The van der Waals surface area contributed by atoms with Gasteiger partial charge in [-0.25, -0.2) is 0 Å². The summed E-state index contributed by atoms with van der Waals surface area (Å²) in [5.41, 5.74) is 1.01. The summed E-state index contributed by atoms with van der Waals surface area (Å²) in [4.78, 5) is 0. The molecule has 0 saturated heterocycles. The second-order valence-corrected chi connectivity index (χ2v) is 13.7. The highest BCUT2D eigenvalue weighted by Gasteiger charge is 2.60. The van der Waals surface area contributed by atoms with Gasteiger partial charge in [-0.15, -0.1) is 0 Å². The van der Waals surface area contributed by atoms with E-state index in [4.69, 9.17) is 0 Å². The third-order valence-corrected chi connectivity index (χ3v) is 11.3. The van der Waals surface area contributed by atoms with Gasteiger partial charge in [0.25, 0.3) is 0 Å². The molecule has 2 nitrogen and oxygen atoms in total. The Bertz CT molecular complexity index is 608. The monoisotopic (exact) mass is 418 g/mol. The lowest BCUT2D eigenvalue weighted by atomic mass is 9.44. The van der Waals surface area contributed by atoms with Crippen molar-refractivity contribution in [2.24, 2.45) is 51.8 Å². The van der Waals surface area contributed by atoms with E-state index >= 15 is 0 Å². The van der Waals surface area contributed by atoms with E-state index in [0.717, 1.165) is 54.8 Å². The molecule has 4 saturated carbocycles. The number of aliphatic hydroxyl groups is 2. The number of rotatable bonds is 4. The molecular weight excluding hydrogens is 368 g/mol. The zero-order valence-corrected chi connectivity index (χ0v) is 20.8. The van der Waals surface area contributed by atoms with E-state index in [9.17, 15) is 10.2 Å². The second kappa shape index (κ2) is 8.05. The number of hydrogen-bond acceptors (Lipinski definition) is 2. The predicted octanol–water partition coefficient (Wildman–Crippen LogP) is 6.83. The van der Waals surface area contributed by atoms with E-state index in [1.807, 2.05) is 0 Å². The summed E-state index contributed by atoms with van der Waals surface area (Å²) < 4.78 is 0. The number of aliphatic hydroxyl groups excluding tert-OH is 2. The molecule has 0 aromatic heterocycles. The van der Waals surface area contributed by atoms with Gasteiger partial charge in [-0.1, -0.05) is 41.5 Å². The van der Waals surface area contributed by atoms with Crippen LogP contribution in [0.4, 0.5) is 0 Å². The molecular formula is C28H50O2. The first kappa shape index (κ1) is 23.1. The Balaban J connectivity index is 1.45. The fourth-order valence-electron chi connectivity index (χ4n) is 9.27. The summed E-state index contributed by atoms with van der Waals surface area (Å²) in [7, 11) is 0. The van der Waals surface area contributed by atoms with Gasteiger partial charge in [0.2, 0.25) is 0 Å². The standard InChI is InChI=1S/C28H50O2/c1-18(7-12-25(30)26(2,3)4)22-10-11-23-21-9-8-19-17-20(29)13-15-27(19,5)24(21)14-16-28(22,23)6/h18-25,29-30H,7-17H2,1-6H3/t18-,19?,20+,21+,22-,23+,24+,25-,27+,28-/m1/s1. The molecule has 0 bridgehead atoms. The Morgan fingerprint density at radius 2 is 1.53 bits per heavy atom. The van der Waals surface area contributed by atoms with Crippen molar-refractivity contribution >= 4 is 0 Å². The zero-order chi connectivity index (χ0) is 21.9. The van der Waals surface area contributed by atoms with E-state index < -0.39 is 0 Å². The first-order valence-electron chi connectivity index (χ1n) is 13.3. The molecule has 1 unspecified atom stereocenters. The van der Waals surface area contributed by atoms with E-state index in [2.05, 4.69) is 41.5 Å². The van der Waals surface area contributed by atoms with Crippen molar-refractivity contribution in [2.75, 3.05) is 0 Å². The third kappa shape index (κ3) is 3.81. The predicted molar refractivity (Wildman–Crippen MR) is 125 cm³/mol. The molecule has 0 aromatic carbocycles. The van der Waals surface area contributed by atoms with Gasteiger partial charge in [0.05, 0.1) is 12.2 Å². The van der Waals surface area contributed by atoms with Crippen LogP contribution in [0.15, 0.2) is 0 Å². The first-order valence-corrected chi connectivity index (χ1v) is 13.3. The van der Waals surface area contributed by atoms with Gasteiger partial charge in [-0.2, -0.15) is 0 Å². The molecule has 0 radical (unpaired) electrons. The molecule has 10 atom stereocenters. The molecule has 2 heteroatoms. The molecule has 0 heterocycles. The molecule has 0 amide bonds. The molecule has 0 spiro atoms. The fraction of sp³-hybridized carbons (Fsp3) is 1.00. The lowest BCUT2D eigenvalue weighted by molar-refractivity contribution is -0.129. The summed E-state index contributed by atoms with van der Waals surface area (Å²) >= 11 is 0. The van der Waals surface area contributed by atoms with E-state index in [0.29, 0.717) is 10.8 Å². The minimum atomic E-state index is -0.183. The van der Waals surface area contributed by atoms with Crippen LogP contribution in [-0.4, -0.2) is 22.4 Å². The van der Waals surface area contributed by atoms with E-state index in [-0.39, 0.29) is 17.6 Å². The van der Waals surface area contributed by atoms with E-state index in [1.165, 1.54) is 51.4 Å². The Morgan fingerprint density at radius 3 is 2.23 bits per heavy atom. The lowest BCUT2D eigenvalue weighted by Gasteiger charge is -2.61. The van der Waals surface area contributed by atoms with Crippen molar-refractivity contribution in [3.05, 3.63) is 0 Å². The summed E-state index contributed by atoms with van der Waals surface area (Å²) in [6.07, 6.45) is 13.8. The average Bonchev–Trinajstić information content (AvgIpc) is 3.03. The molecule has 174 valence electrons. The van der Waals surface area contributed by atoms with Crippen molar-refractivity contribution in [1.82, 2.24) is 0 Å². The average molecular weight is 419 g/mol. The lowest BCUT2D eigenvalue weighted by Crippen LogP contribution is -2.54. The maximum Gasteiger partial charge on any atom is 0.0588 e. The SMILES string of the molecule is C[C@H](CC[C@@H](O)C(C)(C)C)[C@H]1CC[C@H]2[C@@H]3CCC4C[C@@H](O)CC[C@]4(C)[C@H]3CC[C@]12C. The highest BCUT2D eigenvalue weighted by atomic mass is 16.3. The van der Waals surface area contributed by atoms with Crippen LogP contribution in [0.5, 0.6) is 0 Å². The highest BCUT2D eigenvalue weighted by molar-refractivity contribution is 5.09. The maximum absolute atomic E-state index is 10.6. The maximum atomic E-state index is 10.6. The van der Waals surface area contributed by atoms with E-state index in [1.54, 1.807) is 0 Å². The van der Waals surface area contributed by atoms with Crippen molar-refractivity contribution in [3.63, 3.8) is 0 Å². The molecule has 4 aliphatic rings. The van der Waals surface area contributed by atoms with Crippen LogP contribution in [0.3, 0.4) is 0 Å². The van der Waals surface area contributed by atoms with Crippen LogP contribution in [0.25, 0.3) is 0 Å². The van der Waals surface area contributed by atoms with Gasteiger partial charge in [-0.05, 0) is 122 Å². The first-order chi connectivity index (χ1) is 14.0. The Labute approximate surface area is 186 Å². The molecule has 30 heavy (non-hydrogen) atoms. The highest BCUT2D eigenvalue weighted by Crippen LogP contribution is 2.68. The largest absolute Gasteiger partial charge is 0.393 e. The number of hydrogen-bond donors (Lipinski definition) is 2. The van der Waals surface area contributed by atoms with Crippen molar-refractivity contribution < 1.29 is 10.2 Å². The van der Waals surface area contributed by atoms with Gasteiger partial charge in [0.15, 0.2) is 0 Å². The van der Waals surface area contributed by atoms with Crippen molar-refractivity contribution in [1.29, 1.82) is 0 Å². The Hall–Kier alpha value is -0.0800. The Kier molecular flexibility index (Phi) is 6.20. The third-order valence-electron chi connectivity index (χ3n) is 11.3. The Morgan fingerprint density at radius 1 is 0.867 bits per heavy atom. The quantitative estimate of drug-likeness (QED) is 0.525.